The van der Waals surface area contributed by atoms with Gasteiger partial charge in [-0.25, -0.2) is 4.39 Å². The second-order valence-electron chi connectivity index (χ2n) is 5.58. The zero-order valence-electron chi connectivity index (χ0n) is 11.6. The number of halogens is 1. The van der Waals surface area contributed by atoms with Gasteiger partial charge >= 0.3 is 0 Å². The van der Waals surface area contributed by atoms with Gasteiger partial charge in [0.2, 0.25) is 0 Å². The van der Waals surface area contributed by atoms with Crippen LogP contribution in [-0.4, -0.2) is 24.0 Å². The van der Waals surface area contributed by atoms with Gasteiger partial charge in [0.1, 0.15) is 17.3 Å². The number of nitrogens with two attached hydrogens (primary N) is 1. The topological polar surface area (TPSA) is 42.4 Å². The van der Waals surface area contributed by atoms with E-state index in [0.29, 0.717) is 17.2 Å². The number of hydrogen-bond acceptors (Lipinski definition) is 3. The van der Waals surface area contributed by atoms with Gasteiger partial charge in [0.15, 0.2) is 0 Å². The average Bonchev–Trinajstić information content (AvgIpc) is 2.98. The molecule has 2 unspecified atom stereocenters. The molecule has 2 heterocycles. The smallest absolute Gasteiger partial charge is 0.137 e. The van der Waals surface area contributed by atoms with Crippen molar-refractivity contribution in [3.63, 3.8) is 0 Å². The molecule has 3 rings (SSSR count). The quantitative estimate of drug-likeness (QED) is 0.936. The summed E-state index contributed by atoms with van der Waals surface area (Å²) in [7, 11) is 0. The zero-order chi connectivity index (χ0) is 14.1. The third-order valence-electron chi connectivity index (χ3n) is 3.93. The molecule has 0 saturated carbocycles. The zero-order valence-corrected chi connectivity index (χ0v) is 11.6. The fourth-order valence-corrected chi connectivity index (χ4v) is 2.71. The lowest BCUT2D eigenvalue weighted by atomic mass is 10.1. The summed E-state index contributed by atoms with van der Waals surface area (Å²) in [6.07, 6.45) is 0. The van der Waals surface area contributed by atoms with Gasteiger partial charge in [-0.1, -0.05) is 19.1 Å². The molecule has 1 aromatic heterocycles. The number of nitrogens with zero attached hydrogens (tertiary/aromatic N) is 1. The maximum Gasteiger partial charge on any atom is 0.137 e. The molecule has 0 radical (unpaired) electrons. The van der Waals surface area contributed by atoms with Gasteiger partial charge in [-0.15, -0.1) is 0 Å². The predicted molar refractivity (Wildman–Crippen MR) is 76.5 cm³/mol. The Morgan fingerprint density at radius 2 is 2.05 bits per heavy atom. The van der Waals surface area contributed by atoms with Crippen LogP contribution in [0.1, 0.15) is 12.7 Å². The summed E-state index contributed by atoms with van der Waals surface area (Å²) in [5.41, 5.74) is 6.52. The van der Waals surface area contributed by atoms with Gasteiger partial charge in [-0.2, -0.15) is 0 Å². The largest absolute Gasteiger partial charge is 0.460 e. The Morgan fingerprint density at radius 1 is 1.25 bits per heavy atom. The third-order valence-corrected chi connectivity index (χ3v) is 3.93. The van der Waals surface area contributed by atoms with Gasteiger partial charge in [-0.3, -0.25) is 4.90 Å². The van der Waals surface area contributed by atoms with Crippen molar-refractivity contribution in [1.82, 2.24) is 4.90 Å². The van der Waals surface area contributed by atoms with E-state index in [0.717, 1.165) is 25.4 Å². The first-order chi connectivity index (χ1) is 9.63. The Balaban J connectivity index is 1.73. The van der Waals surface area contributed by atoms with E-state index in [4.69, 9.17) is 10.2 Å². The fraction of sp³-hybridized carbons (Fsp3) is 0.375. The summed E-state index contributed by atoms with van der Waals surface area (Å²) in [5, 5.41) is 0. The van der Waals surface area contributed by atoms with Gasteiger partial charge in [-0.05, 0) is 30.2 Å². The Kier molecular flexibility index (Phi) is 3.59. The summed E-state index contributed by atoms with van der Waals surface area (Å²) in [5.74, 6) is 1.68. The average molecular weight is 274 g/mol. The van der Waals surface area contributed by atoms with Crippen molar-refractivity contribution in [2.45, 2.75) is 19.5 Å². The van der Waals surface area contributed by atoms with Crippen LogP contribution in [0.2, 0.25) is 0 Å². The van der Waals surface area contributed by atoms with Gasteiger partial charge in [0.05, 0.1) is 12.1 Å². The van der Waals surface area contributed by atoms with Crippen molar-refractivity contribution >= 4 is 0 Å². The molecular formula is C16H19FN2O. The SMILES string of the molecule is CC1CN(Cc2ccc(-c3ccccc3F)o2)CC1N. The first-order valence-corrected chi connectivity index (χ1v) is 6.95. The van der Waals surface area contributed by atoms with Gasteiger partial charge in [0, 0.05) is 19.1 Å². The standard InChI is InChI=1S/C16H19FN2O/c1-11-8-19(10-15(11)18)9-12-6-7-16(20-12)13-4-2-3-5-14(13)17/h2-7,11,15H,8-10,18H2,1H3. The highest BCUT2D eigenvalue weighted by Gasteiger charge is 2.27. The Morgan fingerprint density at radius 3 is 2.75 bits per heavy atom. The number of hydrogen-bond donors (Lipinski definition) is 1. The molecule has 1 aliphatic heterocycles. The molecule has 1 aliphatic rings. The minimum atomic E-state index is -0.259. The minimum absolute atomic E-state index is 0.232. The molecule has 0 aliphatic carbocycles. The third kappa shape index (κ3) is 2.62. The molecule has 0 amide bonds. The molecule has 1 saturated heterocycles. The van der Waals surface area contributed by atoms with Crippen molar-refractivity contribution in [3.8, 4) is 11.3 Å². The molecule has 0 bridgehead atoms. The van der Waals surface area contributed by atoms with Crippen LogP contribution in [0.4, 0.5) is 4.39 Å². The maximum absolute atomic E-state index is 13.7. The normalized spacial score (nSPS) is 23.4. The molecule has 1 fully saturated rings. The van der Waals surface area contributed by atoms with E-state index in [1.165, 1.54) is 6.07 Å². The lowest BCUT2D eigenvalue weighted by Gasteiger charge is -2.12. The Labute approximate surface area is 118 Å². The van der Waals surface area contributed by atoms with Gasteiger partial charge in [0.25, 0.3) is 0 Å². The summed E-state index contributed by atoms with van der Waals surface area (Å²) in [4.78, 5) is 2.28. The van der Waals surface area contributed by atoms with Crippen molar-refractivity contribution < 1.29 is 8.81 Å². The Bertz CT molecular complexity index is 586. The molecule has 4 heteroatoms. The summed E-state index contributed by atoms with van der Waals surface area (Å²) < 4.78 is 19.5. The lowest BCUT2D eigenvalue weighted by Crippen LogP contribution is -2.28. The van der Waals surface area contributed by atoms with E-state index in [9.17, 15) is 4.39 Å². The van der Waals surface area contributed by atoms with Crippen LogP contribution < -0.4 is 5.73 Å². The summed E-state index contributed by atoms with van der Waals surface area (Å²) in [6.45, 7) is 4.76. The molecule has 2 aromatic rings. The minimum Gasteiger partial charge on any atom is -0.460 e. The van der Waals surface area contributed by atoms with Crippen molar-refractivity contribution in [2.24, 2.45) is 11.7 Å². The van der Waals surface area contributed by atoms with E-state index >= 15 is 0 Å². The predicted octanol–water partition coefficient (Wildman–Crippen LogP) is 2.86. The molecule has 2 atom stereocenters. The number of likely N-dealkylation sites (tertiary alicyclic amines) is 1. The van der Waals surface area contributed by atoms with Crippen LogP contribution in [0.5, 0.6) is 0 Å². The molecular weight excluding hydrogens is 255 g/mol. The number of benzene rings is 1. The number of rotatable bonds is 3. The lowest BCUT2D eigenvalue weighted by molar-refractivity contribution is 0.289. The van der Waals surface area contributed by atoms with Gasteiger partial charge < -0.3 is 10.2 Å². The van der Waals surface area contributed by atoms with Crippen molar-refractivity contribution in [1.29, 1.82) is 0 Å². The van der Waals surface area contributed by atoms with Crippen LogP contribution in [0.3, 0.4) is 0 Å². The van der Waals surface area contributed by atoms with Crippen LogP contribution in [0.25, 0.3) is 11.3 Å². The molecule has 20 heavy (non-hydrogen) atoms. The van der Waals surface area contributed by atoms with E-state index in [2.05, 4.69) is 11.8 Å². The summed E-state index contributed by atoms with van der Waals surface area (Å²) in [6, 6.07) is 10.6. The van der Waals surface area contributed by atoms with Crippen molar-refractivity contribution in [2.75, 3.05) is 13.1 Å². The van der Waals surface area contributed by atoms with Crippen LogP contribution in [0.15, 0.2) is 40.8 Å². The fourth-order valence-electron chi connectivity index (χ4n) is 2.71. The monoisotopic (exact) mass is 274 g/mol. The van der Waals surface area contributed by atoms with Crippen molar-refractivity contribution in [3.05, 3.63) is 48.0 Å². The molecule has 2 N–H and O–H groups in total. The number of furan rings is 1. The second-order valence-corrected chi connectivity index (χ2v) is 5.58. The maximum atomic E-state index is 13.7. The van der Waals surface area contributed by atoms with Crippen LogP contribution in [0, 0.1) is 11.7 Å². The molecule has 0 spiro atoms. The highest BCUT2D eigenvalue weighted by molar-refractivity contribution is 5.58. The van der Waals surface area contributed by atoms with E-state index < -0.39 is 0 Å². The second kappa shape index (κ2) is 5.38. The highest BCUT2D eigenvalue weighted by Crippen LogP contribution is 2.26. The van der Waals surface area contributed by atoms with E-state index in [1.807, 2.05) is 18.2 Å². The molecule has 1 aromatic carbocycles. The van der Waals surface area contributed by atoms with Crippen LogP contribution >= 0.6 is 0 Å². The Hall–Kier alpha value is -1.65. The highest BCUT2D eigenvalue weighted by atomic mass is 19.1. The summed E-state index contributed by atoms with van der Waals surface area (Å²) >= 11 is 0. The van der Waals surface area contributed by atoms with E-state index in [-0.39, 0.29) is 11.9 Å². The molecule has 106 valence electrons. The van der Waals surface area contributed by atoms with Crippen LogP contribution in [-0.2, 0) is 6.54 Å². The first-order valence-electron chi connectivity index (χ1n) is 6.95. The van der Waals surface area contributed by atoms with E-state index in [1.54, 1.807) is 12.1 Å². The molecule has 3 nitrogen and oxygen atoms in total. The first kappa shape index (κ1) is 13.3.